The molecule has 1 aromatic heterocycles. The van der Waals surface area contributed by atoms with E-state index in [0.717, 1.165) is 18.9 Å². The molecule has 118 valence electrons. The number of nitrogens with zero attached hydrogens (tertiary/aromatic N) is 2. The molecule has 0 amide bonds. The van der Waals surface area contributed by atoms with Gasteiger partial charge in [-0.15, -0.1) is 0 Å². The normalized spacial score (nSPS) is 26.6. The van der Waals surface area contributed by atoms with Crippen molar-refractivity contribution < 1.29 is 18.3 Å². The van der Waals surface area contributed by atoms with E-state index in [9.17, 15) is 18.3 Å². The minimum absolute atomic E-state index is 0.0260. The molecule has 0 saturated heterocycles. The summed E-state index contributed by atoms with van der Waals surface area (Å²) in [5, 5.41) is 13.1. The first-order chi connectivity index (χ1) is 9.68. The van der Waals surface area contributed by atoms with Crippen LogP contribution in [0.4, 0.5) is 24.9 Å². The molecule has 1 aliphatic carbocycles. The Bertz CT molecular complexity index is 499. The minimum Gasteiger partial charge on any atom is -0.388 e. The van der Waals surface area contributed by atoms with Crippen LogP contribution in [0.5, 0.6) is 0 Å². The van der Waals surface area contributed by atoms with Gasteiger partial charge in [0.15, 0.2) is 5.69 Å². The first kappa shape index (κ1) is 15.8. The standard InChI is InChI=1S/C13H19F3N4O/c1-8-2-4-12(21,5-3-8)7-18-10-6-9(13(14,15)16)19-11(17)20-10/h6,8,21H,2-5,7H2,1H3,(H3,17,18,19,20). The maximum absolute atomic E-state index is 12.6. The van der Waals surface area contributed by atoms with Crippen LogP contribution < -0.4 is 11.1 Å². The fraction of sp³-hybridized carbons (Fsp3) is 0.692. The van der Waals surface area contributed by atoms with E-state index in [1.165, 1.54) is 0 Å². The highest BCUT2D eigenvalue weighted by Crippen LogP contribution is 2.33. The van der Waals surface area contributed by atoms with Crippen LogP contribution in [0.3, 0.4) is 0 Å². The van der Waals surface area contributed by atoms with Gasteiger partial charge in [-0.05, 0) is 31.6 Å². The molecular formula is C13H19F3N4O. The van der Waals surface area contributed by atoms with E-state index >= 15 is 0 Å². The van der Waals surface area contributed by atoms with Crippen LogP contribution in [-0.4, -0.2) is 27.2 Å². The quantitative estimate of drug-likeness (QED) is 0.798. The molecule has 1 heterocycles. The number of aliphatic hydroxyl groups is 1. The van der Waals surface area contributed by atoms with E-state index in [1.54, 1.807) is 0 Å². The second kappa shape index (κ2) is 5.67. The van der Waals surface area contributed by atoms with E-state index in [0.29, 0.717) is 18.8 Å². The van der Waals surface area contributed by atoms with E-state index in [1.807, 2.05) is 0 Å². The molecule has 0 aliphatic heterocycles. The third-order valence-electron chi connectivity index (χ3n) is 3.84. The van der Waals surface area contributed by atoms with Gasteiger partial charge in [-0.3, -0.25) is 0 Å². The molecule has 2 rings (SSSR count). The average Bonchev–Trinajstić information content (AvgIpc) is 2.39. The third kappa shape index (κ3) is 4.20. The molecule has 21 heavy (non-hydrogen) atoms. The summed E-state index contributed by atoms with van der Waals surface area (Å²) in [5.41, 5.74) is 3.28. The second-order valence-corrected chi connectivity index (χ2v) is 5.75. The SMILES string of the molecule is CC1CCC(O)(CNc2cc(C(F)(F)F)nc(N)n2)CC1. The lowest BCUT2D eigenvalue weighted by Gasteiger charge is -2.35. The molecule has 4 N–H and O–H groups in total. The van der Waals surface area contributed by atoms with Gasteiger partial charge in [0, 0.05) is 12.6 Å². The van der Waals surface area contributed by atoms with Gasteiger partial charge in [0.2, 0.25) is 5.95 Å². The average molecular weight is 304 g/mol. The Labute approximate surface area is 120 Å². The Morgan fingerprint density at radius 2 is 2.00 bits per heavy atom. The van der Waals surface area contributed by atoms with Crippen molar-refractivity contribution in [3.8, 4) is 0 Å². The Morgan fingerprint density at radius 3 is 2.57 bits per heavy atom. The molecule has 0 aromatic carbocycles. The topological polar surface area (TPSA) is 84.1 Å². The van der Waals surface area contributed by atoms with Gasteiger partial charge in [-0.2, -0.15) is 18.2 Å². The summed E-state index contributed by atoms with van der Waals surface area (Å²) >= 11 is 0. The summed E-state index contributed by atoms with van der Waals surface area (Å²) in [6, 6.07) is 0.797. The Kier molecular flexibility index (Phi) is 4.27. The smallest absolute Gasteiger partial charge is 0.388 e. The molecule has 0 unspecified atom stereocenters. The van der Waals surface area contributed by atoms with Gasteiger partial charge in [0.25, 0.3) is 0 Å². The molecule has 0 radical (unpaired) electrons. The van der Waals surface area contributed by atoms with Crippen LogP contribution in [0, 0.1) is 5.92 Å². The maximum Gasteiger partial charge on any atom is 0.433 e. The molecule has 0 bridgehead atoms. The zero-order valence-corrected chi connectivity index (χ0v) is 11.7. The number of halogens is 3. The van der Waals surface area contributed by atoms with Crippen LogP contribution in [0.15, 0.2) is 6.07 Å². The summed E-state index contributed by atoms with van der Waals surface area (Å²) in [6.45, 7) is 2.27. The predicted octanol–water partition coefficient (Wildman–Crippen LogP) is 2.43. The van der Waals surface area contributed by atoms with E-state index in [-0.39, 0.29) is 12.4 Å². The summed E-state index contributed by atoms with van der Waals surface area (Å²) in [5.74, 6) is 0.0928. The number of hydrogen-bond acceptors (Lipinski definition) is 5. The van der Waals surface area contributed by atoms with Crippen LogP contribution in [-0.2, 0) is 6.18 Å². The van der Waals surface area contributed by atoms with Crippen LogP contribution in [0.25, 0.3) is 0 Å². The molecule has 8 heteroatoms. The summed E-state index contributed by atoms with van der Waals surface area (Å²) < 4.78 is 37.9. The highest BCUT2D eigenvalue weighted by atomic mass is 19.4. The van der Waals surface area contributed by atoms with E-state index in [2.05, 4.69) is 22.2 Å². The van der Waals surface area contributed by atoms with E-state index < -0.39 is 23.4 Å². The fourth-order valence-corrected chi connectivity index (χ4v) is 2.43. The van der Waals surface area contributed by atoms with Gasteiger partial charge in [-0.25, -0.2) is 4.98 Å². The molecule has 1 aliphatic rings. The molecule has 0 atom stereocenters. The van der Waals surface area contributed by atoms with Gasteiger partial charge in [-0.1, -0.05) is 6.92 Å². The molecule has 1 aromatic rings. The van der Waals surface area contributed by atoms with Crippen molar-refractivity contribution in [3.05, 3.63) is 11.8 Å². The lowest BCUT2D eigenvalue weighted by atomic mass is 9.79. The van der Waals surface area contributed by atoms with Crippen molar-refractivity contribution in [1.29, 1.82) is 0 Å². The third-order valence-corrected chi connectivity index (χ3v) is 3.84. The molecule has 5 nitrogen and oxygen atoms in total. The second-order valence-electron chi connectivity index (χ2n) is 5.75. The summed E-state index contributed by atoms with van der Waals surface area (Å²) in [6.07, 6.45) is -1.54. The number of nitrogens with two attached hydrogens (primary N) is 1. The largest absolute Gasteiger partial charge is 0.433 e. The molecular weight excluding hydrogens is 285 g/mol. The first-order valence-corrected chi connectivity index (χ1v) is 6.86. The van der Waals surface area contributed by atoms with Crippen molar-refractivity contribution >= 4 is 11.8 Å². The fourth-order valence-electron chi connectivity index (χ4n) is 2.43. The van der Waals surface area contributed by atoms with Crippen molar-refractivity contribution in [2.24, 2.45) is 5.92 Å². The number of nitrogens with one attached hydrogen (secondary N) is 1. The predicted molar refractivity (Wildman–Crippen MR) is 72.5 cm³/mol. The first-order valence-electron chi connectivity index (χ1n) is 6.86. The number of alkyl halides is 3. The van der Waals surface area contributed by atoms with Crippen LogP contribution in [0.1, 0.15) is 38.3 Å². The highest BCUT2D eigenvalue weighted by molar-refractivity contribution is 5.41. The summed E-state index contributed by atoms with van der Waals surface area (Å²) in [7, 11) is 0. The van der Waals surface area contributed by atoms with Crippen molar-refractivity contribution in [3.63, 3.8) is 0 Å². The van der Waals surface area contributed by atoms with Gasteiger partial charge >= 0.3 is 6.18 Å². The highest BCUT2D eigenvalue weighted by Gasteiger charge is 2.34. The van der Waals surface area contributed by atoms with Crippen LogP contribution >= 0.6 is 0 Å². The number of aromatic nitrogens is 2. The Morgan fingerprint density at radius 1 is 1.38 bits per heavy atom. The minimum atomic E-state index is -4.58. The lowest BCUT2D eigenvalue weighted by Crippen LogP contribution is -2.40. The molecule has 1 fully saturated rings. The number of nitrogen functional groups attached to an aromatic ring is 1. The maximum atomic E-state index is 12.6. The number of anilines is 2. The van der Waals surface area contributed by atoms with Crippen molar-refractivity contribution in [2.45, 2.75) is 44.4 Å². The van der Waals surface area contributed by atoms with Crippen molar-refractivity contribution in [1.82, 2.24) is 9.97 Å². The number of hydrogen-bond donors (Lipinski definition) is 3. The van der Waals surface area contributed by atoms with Gasteiger partial charge in [0.05, 0.1) is 5.60 Å². The number of rotatable bonds is 3. The van der Waals surface area contributed by atoms with Crippen LogP contribution in [0.2, 0.25) is 0 Å². The Balaban J connectivity index is 2.05. The van der Waals surface area contributed by atoms with E-state index in [4.69, 9.17) is 5.73 Å². The monoisotopic (exact) mass is 304 g/mol. The lowest BCUT2D eigenvalue weighted by molar-refractivity contribution is -0.141. The zero-order valence-electron chi connectivity index (χ0n) is 11.7. The Hall–Kier alpha value is -1.57. The van der Waals surface area contributed by atoms with Gasteiger partial charge < -0.3 is 16.2 Å². The molecule has 0 spiro atoms. The van der Waals surface area contributed by atoms with Crippen molar-refractivity contribution in [2.75, 3.05) is 17.6 Å². The summed E-state index contributed by atoms with van der Waals surface area (Å²) in [4.78, 5) is 6.89. The van der Waals surface area contributed by atoms with Gasteiger partial charge in [0.1, 0.15) is 5.82 Å². The zero-order chi connectivity index (χ0) is 15.7. The molecule has 1 saturated carbocycles.